The third-order valence-corrected chi connectivity index (χ3v) is 3.67. The number of fused-ring (bicyclic) bond motifs is 2. The lowest BCUT2D eigenvalue weighted by atomic mass is 9.79. The normalized spacial score (nSPS) is 28.7. The number of primary amides is 1. The van der Waals surface area contributed by atoms with E-state index in [1.54, 1.807) is 0 Å². The van der Waals surface area contributed by atoms with Crippen molar-refractivity contribution >= 4 is 29.9 Å². The summed E-state index contributed by atoms with van der Waals surface area (Å²) >= 11 is 0. The summed E-state index contributed by atoms with van der Waals surface area (Å²) in [7, 11) is 0. The van der Waals surface area contributed by atoms with Gasteiger partial charge in [0.2, 0.25) is 11.8 Å². The minimum Gasteiger partial charge on any atom is -0.368 e. The molecular weight excluding hydrogens is 254 g/mol. The van der Waals surface area contributed by atoms with Gasteiger partial charge < -0.3 is 16.4 Å². The molecule has 96 valence electrons. The number of anilines is 1. The molecule has 4 N–H and O–H groups in total. The molecular formula is C12H14ClN3O2. The Morgan fingerprint density at radius 3 is 2.78 bits per heavy atom. The molecule has 2 aliphatic rings. The van der Waals surface area contributed by atoms with Gasteiger partial charge in [0.25, 0.3) is 0 Å². The van der Waals surface area contributed by atoms with Gasteiger partial charge in [0, 0.05) is 12.2 Å². The average Bonchev–Trinajstić information content (AvgIpc) is 2.85. The molecule has 1 spiro atoms. The number of carbonyl (C=O) groups excluding carboxylic acids is 2. The number of halogens is 1. The first-order chi connectivity index (χ1) is 8.13. The Labute approximate surface area is 111 Å². The molecule has 2 unspecified atom stereocenters. The second-order valence-corrected chi connectivity index (χ2v) is 4.62. The maximum Gasteiger partial charge on any atom is 0.236 e. The maximum atomic E-state index is 12.1. The van der Waals surface area contributed by atoms with Crippen molar-refractivity contribution in [3.63, 3.8) is 0 Å². The minimum absolute atomic E-state index is 0. The number of benzene rings is 1. The largest absolute Gasteiger partial charge is 0.368 e. The van der Waals surface area contributed by atoms with Crippen LogP contribution in [0.4, 0.5) is 5.69 Å². The second kappa shape index (κ2) is 4.26. The van der Waals surface area contributed by atoms with E-state index in [4.69, 9.17) is 5.73 Å². The first-order valence-corrected chi connectivity index (χ1v) is 5.57. The van der Waals surface area contributed by atoms with Crippen LogP contribution in [0.2, 0.25) is 0 Å². The molecule has 5 nitrogen and oxygen atoms in total. The van der Waals surface area contributed by atoms with Crippen molar-refractivity contribution in [2.45, 2.75) is 17.9 Å². The lowest BCUT2D eigenvalue weighted by Crippen LogP contribution is -2.36. The third-order valence-electron chi connectivity index (χ3n) is 3.67. The highest BCUT2D eigenvalue weighted by atomic mass is 35.5. The van der Waals surface area contributed by atoms with Crippen LogP contribution in [-0.4, -0.2) is 24.4 Å². The zero-order valence-corrected chi connectivity index (χ0v) is 10.4. The Bertz CT molecular complexity index is 520. The van der Waals surface area contributed by atoms with E-state index in [2.05, 4.69) is 10.6 Å². The summed E-state index contributed by atoms with van der Waals surface area (Å²) in [5.41, 5.74) is 6.45. The first-order valence-electron chi connectivity index (χ1n) is 5.57. The van der Waals surface area contributed by atoms with Crippen LogP contribution in [-0.2, 0) is 15.0 Å². The molecule has 2 amide bonds. The molecule has 2 aliphatic heterocycles. The SMILES string of the molecule is Cl.NC(=O)C1CC2(CN1)C(=O)Nc1ccccc12. The highest BCUT2D eigenvalue weighted by Crippen LogP contribution is 2.43. The number of hydrogen-bond acceptors (Lipinski definition) is 3. The van der Waals surface area contributed by atoms with Crippen molar-refractivity contribution in [1.29, 1.82) is 0 Å². The number of carbonyl (C=O) groups is 2. The van der Waals surface area contributed by atoms with E-state index in [0.29, 0.717) is 13.0 Å². The summed E-state index contributed by atoms with van der Waals surface area (Å²) < 4.78 is 0. The van der Waals surface area contributed by atoms with Gasteiger partial charge in [-0.1, -0.05) is 18.2 Å². The number of amides is 2. The molecule has 2 atom stereocenters. The highest BCUT2D eigenvalue weighted by Gasteiger charge is 2.52. The molecule has 0 radical (unpaired) electrons. The monoisotopic (exact) mass is 267 g/mol. The zero-order valence-electron chi connectivity index (χ0n) is 9.60. The first kappa shape index (κ1) is 12.9. The van der Waals surface area contributed by atoms with Gasteiger partial charge in [-0.15, -0.1) is 12.4 Å². The second-order valence-electron chi connectivity index (χ2n) is 4.62. The number of rotatable bonds is 1. The quantitative estimate of drug-likeness (QED) is 0.677. The molecule has 6 heteroatoms. The lowest BCUT2D eigenvalue weighted by molar-refractivity contribution is -0.120. The van der Waals surface area contributed by atoms with Crippen molar-refractivity contribution in [1.82, 2.24) is 5.32 Å². The smallest absolute Gasteiger partial charge is 0.236 e. The molecule has 0 bridgehead atoms. The van der Waals surface area contributed by atoms with E-state index in [-0.39, 0.29) is 18.3 Å². The summed E-state index contributed by atoms with van der Waals surface area (Å²) in [5, 5.41) is 5.88. The Morgan fingerprint density at radius 2 is 2.11 bits per heavy atom. The van der Waals surface area contributed by atoms with E-state index in [9.17, 15) is 9.59 Å². The molecule has 1 saturated heterocycles. The van der Waals surface area contributed by atoms with Crippen LogP contribution in [0.3, 0.4) is 0 Å². The van der Waals surface area contributed by atoms with Gasteiger partial charge in [0.15, 0.2) is 0 Å². The number of nitrogens with one attached hydrogen (secondary N) is 2. The van der Waals surface area contributed by atoms with Crippen LogP contribution in [0.5, 0.6) is 0 Å². The van der Waals surface area contributed by atoms with Crippen molar-refractivity contribution < 1.29 is 9.59 Å². The predicted molar refractivity (Wildman–Crippen MR) is 69.6 cm³/mol. The van der Waals surface area contributed by atoms with Crippen LogP contribution in [0.1, 0.15) is 12.0 Å². The van der Waals surface area contributed by atoms with Gasteiger partial charge in [-0.05, 0) is 18.1 Å². The Kier molecular flexibility index (Phi) is 3.04. The van der Waals surface area contributed by atoms with Crippen LogP contribution in [0, 0.1) is 0 Å². The minimum atomic E-state index is -0.629. The Hall–Kier alpha value is -1.59. The predicted octanol–water partition coefficient (Wildman–Crippen LogP) is 0.146. The van der Waals surface area contributed by atoms with Gasteiger partial charge in [0.05, 0.1) is 11.5 Å². The fourth-order valence-electron chi connectivity index (χ4n) is 2.74. The fraction of sp³-hybridized carbons (Fsp3) is 0.333. The van der Waals surface area contributed by atoms with E-state index >= 15 is 0 Å². The van der Waals surface area contributed by atoms with Crippen LogP contribution in [0.25, 0.3) is 0 Å². The Balaban J connectivity index is 0.00000120. The molecule has 18 heavy (non-hydrogen) atoms. The van der Waals surface area contributed by atoms with Gasteiger partial charge in [-0.2, -0.15) is 0 Å². The summed E-state index contributed by atoms with van der Waals surface area (Å²) in [4.78, 5) is 23.3. The molecule has 1 fully saturated rings. The maximum absolute atomic E-state index is 12.1. The van der Waals surface area contributed by atoms with Crippen LogP contribution >= 0.6 is 12.4 Å². The molecule has 3 rings (SSSR count). The molecule has 0 saturated carbocycles. The number of nitrogens with two attached hydrogens (primary N) is 1. The summed E-state index contributed by atoms with van der Waals surface area (Å²) in [5.74, 6) is -0.450. The number of hydrogen-bond donors (Lipinski definition) is 3. The van der Waals surface area contributed by atoms with Crippen molar-refractivity contribution in [3.8, 4) is 0 Å². The van der Waals surface area contributed by atoms with Crippen molar-refractivity contribution in [2.24, 2.45) is 5.73 Å². The van der Waals surface area contributed by atoms with Crippen LogP contribution in [0.15, 0.2) is 24.3 Å². The van der Waals surface area contributed by atoms with E-state index < -0.39 is 17.4 Å². The summed E-state index contributed by atoms with van der Waals surface area (Å²) in [6.07, 6.45) is 0.436. The van der Waals surface area contributed by atoms with Gasteiger partial charge in [-0.25, -0.2) is 0 Å². The van der Waals surface area contributed by atoms with Gasteiger partial charge in [0.1, 0.15) is 0 Å². The molecule has 0 aromatic heterocycles. The lowest BCUT2D eigenvalue weighted by Gasteiger charge is -2.19. The van der Waals surface area contributed by atoms with Crippen molar-refractivity contribution in [3.05, 3.63) is 29.8 Å². The summed E-state index contributed by atoms with van der Waals surface area (Å²) in [6.45, 7) is 0.462. The van der Waals surface area contributed by atoms with Gasteiger partial charge >= 0.3 is 0 Å². The summed E-state index contributed by atoms with van der Waals surface area (Å²) in [6, 6.07) is 7.16. The zero-order chi connectivity index (χ0) is 12.0. The fourth-order valence-corrected chi connectivity index (χ4v) is 2.74. The van der Waals surface area contributed by atoms with Crippen LogP contribution < -0.4 is 16.4 Å². The third kappa shape index (κ3) is 1.59. The van der Waals surface area contributed by atoms with E-state index in [0.717, 1.165) is 11.3 Å². The topological polar surface area (TPSA) is 84.2 Å². The standard InChI is InChI=1S/C12H13N3O2.ClH/c13-10(16)9-5-12(6-14-9)7-3-1-2-4-8(7)15-11(12)17;/h1-4,9,14H,5-6H2,(H2,13,16)(H,15,17);1H. The molecule has 0 aliphatic carbocycles. The van der Waals surface area contributed by atoms with Gasteiger partial charge in [-0.3, -0.25) is 9.59 Å². The van der Waals surface area contributed by atoms with E-state index in [1.165, 1.54) is 0 Å². The number of para-hydroxylation sites is 1. The molecule has 1 aromatic carbocycles. The molecule has 1 aromatic rings. The average molecular weight is 268 g/mol. The van der Waals surface area contributed by atoms with Crippen molar-refractivity contribution in [2.75, 3.05) is 11.9 Å². The molecule has 2 heterocycles. The Morgan fingerprint density at radius 1 is 1.39 bits per heavy atom. The van der Waals surface area contributed by atoms with E-state index in [1.807, 2.05) is 24.3 Å². The highest BCUT2D eigenvalue weighted by molar-refractivity contribution is 6.07.